The third-order valence-corrected chi connectivity index (χ3v) is 5.85. The monoisotopic (exact) mass is 416 g/mol. The van der Waals surface area contributed by atoms with Gasteiger partial charge in [0.05, 0.1) is 26.0 Å². The fourth-order valence-electron chi connectivity index (χ4n) is 4.18. The van der Waals surface area contributed by atoms with Crippen molar-refractivity contribution < 1.29 is 13.9 Å². The van der Waals surface area contributed by atoms with Crippen molar-refractivity contribution in [3.63, 3.8) is 0 Å². The Bertz CT molecular complexity index is 1270. The average molecular weight is 416 g/mol. The number of benzene rings is 2. The van der Waals surface area contributed by atoms with Crippen LogP contribution in [-0.2, 0) is 6.54 Å². The van der Waals surface area contributed by atoms with Gasteiger partial charge in [-0.05, 0) is 43.4 Å². The topological polar surface area (TPSA) is 66.5 Å². The summed E-state index contributed by atoms with van der Waals surface area (Å²) in [6, 6.07) is 13.7. The number of nitrogens with zero attached hydrogens (tertiary/aromatic N) is 2. The molecule has 5 rings (SSSR count). The number of methoxy groups -OCH3 is 1. The molecule has 6 nitrogen and oxygen atoms in total. The lowest BCUT2D eigenvalue weighted by atomic mass is 10.1. The predicted molar refractivity (Wildman–Crippen MR) is 119 cm³/mol. The van der Waals surface area contributed by atoms with Crippen LogP contribution in [0.1, 0.15) is 31.4 Å². The van der Waals surface area contributed by atoms with Crippen molar-refractivity contribution in [2.75, 3.05) is 7.11 Å². The number of hydrogen-bond donors (Lipinski definition) is 0. The molecule has 158 valence electrons. The Hall–Kier alpha value is -3.54. The second-order valence-electron chi connectivity index (χ2n) is 7.89. The van der Waals surface area contributed by atoms with Gasteiger partial charge in [0.1, 0.15) is 5.76 Å². The highest BCUT2D eigenvalue weighted by Gasteiger charge is 2.19. The average Bonchev–Trinajstić information content (AvgIpc) is 3.45. The Kier molecular flexibility index (Phi) is 5.20. The van der Waals surface area contributed by atoms with E-state index in [0.717, 1.165) is 46.3 Å². The molecule has 2 aromatic heterocycles. The SMILES string of the molecule is COc1ccc(-c2cnc(=O)n(Cc3occ4ccccc34)c2)cc1OC1CCCC1. The first-order valence-electron chi connectivity index (χ1n) is 10.6. The van der Waals surface area contributed by atoms with Gasteiger partial charge in [-0.25, -0.2) is 9.78 Å². The Morgan fingerprint density at radius 3 is 2.77 bits per heavy atom. The minimum atomic E-state index is -0.319. The maximum absolute atomic E-state index is 12.4. The van der Waals surface area contributed by atoms with Crippen molar-refractivity contribution >= 4 is 10.8 Å². The summed E-state index contributed by atoms with van der Waals surface area (Å²) in [4.78, 5) is 16.5. The summed E-state index contributed by atoms with van der Waals surface area (Å²) in [5.41, 5.74) is 1.42. The van der Waals surface area contributed by atoms with Crippen molar-refractivity contribution in [2.45, 2.75) is 38.3 Å². The van der Waals surface area contributed by atoms with Gasteiger partial charge in [0, 0.05) is 28.7 Å². The summed E-state index contributed by atoms with van der Waals surface area (Å²) in [5.74, 6) is 2.16. The van der Waals surface area contributed by atoms with E-state index in [-0.39, 0.29) is 11.8 Å². The number of aromatic nitrogens is 2. The molecule has 0 bridgehead atoms. The summed E-state index contributed by atoms with van der Waals surface area (Å²) in [5, 5.41) is 2.01. The molecule has 2 heterocycles. The Balaban J connectivity index is 1.47. The molecule has 0 radical (unpaired) electrons. The lowest BCUT2D eigenvalue weighted by Crippen LogP contribution is -2.22. The summed E-state index contributed by atoms with van der Waals surface area (Å²) in [6.45, 7) is 0.314. The third kappa shape index (κ3) is 3.93. The lowest BCUT2D eigenvalue weighted by molar-refractivity contribution is 0.201. The van der Waals surface area contributed by atoms with Crippen LogP contribution in [-0.4, -0.2) is 22.8 Å². The number of rotatable bonds is 6. The first-order valence-corrected chi connectivity index (χ1v) is 10.6. The molecule has 4 aromatic rings. The first kappa shape index (κ1) is 19.4. The zero-order chi connectivity index (χ0) is 21.2. The Morgan fingerprint density at radius 2 is 1.94 bits per heavy atom. The van der Waals surface area contributed by atoms with Crippen molar-refractivity contribution in [1.82, 2.24) is 9.55 Å². The summed E-state index contributed by atoms with van der Waals surface area (Å²) in [7, 11) is 1.64. The fourth-order valence-corrected chi connectivity index (χ4v) is 4.18. The van der Waals surface area contributed by atoms with Crippen molar-refractivity contribution in [1.29, 1.82) is 0 Å². The maximum Gasteiger partial charge on any atom is 0.347 e. The molecule has 0 saturated heterocycles. The van der Waals surface area contributed by atoms with E-state index in [2.05, 4.69) is 4.98 Å². The van der Waals surface area contributed by atoms with Crippen LogP contribution in [0, 0.1) is 0 Å². The van der Waals surface area contributed by atoms with Gasteiger partial charge in [-0.3, -0.25) is 4.57 Å². The molecule has 1 fully saturated rings. The Morgan fingerprint density at radius 1 is 1.10 bits per heavy atom. The van der Waals surface area contributed by atoms with Crippen LogP contribution in [0.25, 0.3) is 21.9 Å². The van der Waals surface area contributed by atoms with Crippen molar-refractivity contribution in [2.24, 2.45) is 0 Å². The van der Waals surface area contributed by atoms with E-state index < -0.39 is 0 Å². The second-order valence-corrected chi connectivity index (χ2v) is 7.89. The van der Waals surface area contributed by atoms with E-state index in [9.17, 15) is 4.79 Å². The number of ether oxygens (including phenoxy) is 2. The molecule has 0 spiro atoms. The van der Waals surface area contributed by atoms with E-state index >= 15 is 0 Å². The standard InChI is InChI=1S/C25H24N2O4/c1-29-22-11-10-17(12-23(22)31-20-7-3-4-8-20)19-13-26-25(28)27(14-19)15-24-21-9-5-2-6-18(21)16-30-24/h2,5-6,9-14,16,20H,3-4,7-8,15H2,1H3. The summed E-state index contributed by atoms with van der Waals surface area (Å²) in [6.07, 6.45) is 9.88. The molecule has 0 amide bonds. The van der Waals surface area contributed by atoms with Gasteiger partial charge in [0.2, 0.25) is 0 Å². The van der Waals surface area contributed by atoms with E-state index in [4.69, 9.17) is 13.9 Å². The van der Waals surface area contributed by atoms with Crippen molar-refractivity contribution in [3.05, 3.63) is 77.4 Å². The zero-order valence-corrected chi connectivity index (χ0v) is 17.4. The van der Waals surface area contributed by atoms with Crippen LogP contribution in [0.2, 0.25) is 0 Å². The number of fused-ring (bicyclic) bond motifs is 1. The molecule has 1 aliphatic carbocycles. The van der Waals surface area contributed by atoms with Gasteiger partial charge in [-0.2, -0.15) is 0 Å². The summed E-state index contributed by atoms with van der Waals surface area (Å²) >= 11 is 0. The van der Waals surface area contributed by atoms with Crippen LogP contribution >= 0.6 is 0 Å². The van der Waals surface area contributed by atoms with Crippen molar-refractivity contribution in [3.8, 4) is 22.6 Å². The molecule has 2 aromatic carbocycles. The smallest absolute Gasteiger partial charge is 0.347 e. The third-order valence-electron chi connectivity index (χ3n) is 5.85. The number of hydrogen-bond acceptors (Lipinski definition) is 5. The van der Waals surface area contributed by atoms with E-state index in [1.165, 1.54) is 12.8 Å². The molecule has 6 heteroatoms. The van der Waals surface area contributed by atoms with Gasteiger partial charge in [0.25, 0.3) is 0 Å². The minimum absolute atomic E-state index is 0.225. The Labute approximate surface area is 180 Å². The molecule has 1 aliphatic rings. The van der Waals surface area contributed by atoms with Gasteiger partial charge in [-0.15, -0.1) is 0 Å². The normalized spacial score (nSPS) is 14.2. The highest BCUT2D eigenvalue weighted by molar-refractivity contribution is 5.83. The lowest BCUT2D eigenvalue weighted by Gasteiger charge is -2.17. The van der Waals surface area contributed by atoms with E-state index in [1.807, 2.05) is 48.7 Å². The van der Waals surface area contributed by atoms with Crippen LogP contribution < -0.4 is 15.2 Å². The summed E-state index contributed by atoms with van der Waals surface area (Å²) < 4.78 is 19.0. The maximum atomic E-state index is 12.4. The molecule has 0 aliphatic heterocycles. The van der Waals surface area contributed by atoms with E-state index in [0.29, 0.717) is 12.3 Å². The highest BCUT2D eigenvalue weighted by atomic mass is 16.5. The highest BCUT2D eigenvalue weighted by Crippen LogP contribution is 2.35. The van der Waals surface area contributed by atoms with Gasteiger partial charge >= 0.3 is 5.69 Å². The van der Waals surface area contributed by atoms with Crippen LogP contribution in [0.5, 0.6) is 11.5 Å². The second kappa shape index (κ2) is 8.30. The molecule has 0 atom stereocenters. The van der Waals surface area contributed by atoms with Gasteiger partial charge < -0.3 is 13.9 Å². The molecular formula is C25H24N2O4. The zero-order valence-electron chi connectivity index (χ0n) is 17.4. The van der Waals surface area contributed by atoms with Crippen LogP contribution in [0.3, 0.4) is 0 Å². The predicted octanol–water partition coefficient (Wildman–Crippen LogP) is 5.03. The molecule has 31 heavy (non-hydrogen) atoms. The quantitative estimate of drug-likeness (QED) is 0.441. The van der Waals surface area contributed by atoms with E-state index in [1.54, 1.807) is 24.1 Å². The van der Waals surface area contributed by atoms with Crippen LogP contribution in [0.15, 0.2) is 70.3 Å². The van der Waals surface area contributed by atoms with Crippen LogP contribution in [0.4, 0.5) is 0 Å². The molecule has 1 saturated carbocycles. The first-order chi connectivity index (χ1) is 15.2. The molecule has 0 N–H and O–H groups in total. The van der Waals surface area contributed by atoms with Gasteiger partial charge in [-0.1, -0.05) is 30.3 Å². The largest absolute Gasteiger partial charge is 0.493 e. The fraction of sp³-hybridized carbons (Fsp3) is 0.280. The molecule has 0 unspecified atom stereocenters. The minimum Gasteiger partial charge on any atom is -0.493 e. The molecular weight excluding hydrogens is 392 g/mol. The van der Waals surface area contributed by atoms with Gasteiger partial charge in [0.15, 0.2) is 11.5 Å². The number of furan rings is 1.